The van der Waals surface area contributed by atoms with Gasteiger partial charge < -0.3 is 4.90 Å². The molecule has 9 aromatic carbocycles. The van der Waals surface area contributed by atoms with Crippen molar-refractivity contribution in [2.45, 2.75) is 24.7 Å². The molecule has 1 aromatic heterocycles. The monoisotopic (exact) mass is 783 g/mol. The average Bonchev–Trinajstić information content (AvgIpc) is 3.83. The van der Waals surface area contributed by atoms with Crippen LogP contribution in [-0.2, 0) is 10.8 Å². The molecule has 2 aliphatic rings. The van der Waals surface area contributed by atoms with Gasteiger partial charge in [-0.3, -0.25) is 0 Å². The molecule has 1 nitrogen and oxygen atoms in total. The van der Waals surface area contributed by atoms with E-state index in [4.69, 9.17) is 0 Å². The van der Waals surface area contributed by atoms with E-state index < -0.39 is 5.41 Å². The Hall–Kier alpha value is -7.00. The third kappa shape index (κ3) is 4.98. The van der Waals surface area contributed by atoms with Crippen molar-refractivity contribution in [3.8, 4) is 33.4 Å². The summed E-state index contributed by atoms with van der Waals surface area (Å²) in [5.74, 6) is 0. The van der Waals surface area contributed by atoms with Crippen molar-refractivity contribution in [3.63, 3.8) is 0 Å². The van der Waals surface area contributed by atoms with Crippen LogP contribution < -0.4 is 4.90 Å². The van der Waals surface area contributed by atoms with Crippen LogP contribution in [0, 0.1) is 0 Å². The first-order valence-electron chi connectivity index (χ1n) is 20.9. The molecule has 2 heteroatoms. The molecule has 0 radical (unpaired) electrons. The third-order valence-corrected chi connectivity index (χ3v) is 14.6. The highest BCUT2D eigenvalue weighted by molar-refractivity contribution is 7.26. The maximum Gasteiger partial charge on any atom is 0.0720 e. The maximum atomic E-state index is 2.50. The minimum absolute atomic E-state index is 0.153. The smallest absolute Gasteiger partial charge is 0.0720 e. The fraction of sp³-hybridized carbons (Fsp3) is 0.0690. The number of rotatable bonds is 5. The Morgan fingerprint density at radius 3 is 1.67 bits per heavy atom. The zero-order valence-electron chi connectivity index (χ0n) is 33.6. The number of anilines is 3. The first kappa shape index (κ1) is 35.0. The lowest BCUT2D eigenvalue weighted by Gasteiger charge is -2.46. The Labute approximate surface area is 355 Å². The second-order valence-electron chi connectivity index (χ2n) is 16.8. The Balaban J connectivity index is 1.08. The molecule has 0 bridgehead atoms. The van der Waals surface area contributed by atoms with Crippen LogP contribution in [0.2, 0.25) is 0 Å². The maximum absolute atomic E-state index is 2.50. The predicted molar refractivity (Wildman–Crippen MR) is 254 cm³/mol. The Morgan fingerprint density at radius 2 is 0.900 bits per heavy atom. The van der Waals surface area contributed by atoms with Gasteiger partial charge in [0.05, 0.1) is 5.41 Å². The first-order valence-corrected chi connectivity index (χ1v) is 21.7. The van der Waals surface area contributed by atoms with Crippen molar-refractivity contribution >= 4 is 48.6 Å². The molecule has 12 rings (SSSR count). The van der Waals surface area contributed by atoms with Crippen LogP contribution in [0.25, 0.3) is 53.6 Å². The van der Waals surface area contributed by atoms with Gasteiger partial charge in [-0.1, -0.05) is 184 Å². The average molecular weight is 784 g/mol. The summed E-state index contributed by atoms with van der Waals surface area (Å²) in [5.41, 5.74) is 18.4. The molecular formula is C58H41NS. The summed E-state index contributed by atoms with van der Waals surface area (Å²) in [6.45, 7) is 4.78. The van der Waals surface area contributed by atoms with Gasteiger partial charge in [0.2, 0.25) is 0 Å². The second-order valence-corrected chi connectivity index (χ2v) is 17.9. The number of benzene rings is 9. The van der Waals surface area contributed by atoms with Crippen LogP contribution in [0.5, 0.6) is 0 Å². The molecule has 0 amide bonds. The lowest BCUT2D eigenvalue weighted by molar-refractivity contribution is 0.563. The number of fused-ring (bicyclic) bond motifs is 12. The van der Waals surface area contributed by atoms with E-state index in [-0.39, 0.29) is 5.41 Å². The van der Waals surface area contributed by atoms with Gasteiger partial charge in [0.1, 0.15) is 0 Å². The molecule has 0 saturated heterocycles. The van der Waals surface area contributed by atoms with Gasteiger partial charge in [0, 0.05) is 42.6 Å². The molecule has 1 spiro atoms. The summed E-state index contributed by atoms with van der Waals surface area (Å²) < 4.78 is 2.66. The number of thiophene rings is 1. The van der Waals surface area contributed by atoms with Crippen molar-refractivity contribution in [1.82, 2.24) is 0 Å². The van der Waals surface area contributed by atoms with Gasteiger partial charge in [-0.25, -0.2) is 0 Å². The summed E-state index contributed by atoms with van der Waals surface area (Å²) in [6, 6.07) is 79.2. The highest BCUT2D eigenvalue weighted by atomic mass is 32.1. The quantitative estimate of drug-likeness (QED) is 0.168. The Kier molecular flexibility index (Phi) is 7.73. The second kappa shape index (κ2) is 13.3. The highest BCUT2D eigenvalue weighted by Gasteiger charge is 2.53. The normalized spacial score (nSPS) is 14.1. The lowest BCUT2D eigenvalue weighted by atomic mass is 9.55. The summed E-state index contributed by atoms with van der Waals surface area (Å²) in [7, 11) is 0. The largest absolute Gasteiger partial charge is 0.310 e. The van der Waals surface area contributed by atoms with Crippen LogP contribution in [0.15, 0.2) is 212 Å². The van der Waals surface area contributed by atoms with E-state index in [1.807, 2.05) is 11.3 Å². The van der Waals surface area contributed by atoms with E-state index in [0.717, 1.165) is 17.1 Å². The van der Waals surface area contributed by atoms with E-state index in [1.54, 1.807) is 0 Å². The number of hydrogen-bond donors (Lipinski definition) is 0. The minimum Gasteiger partial charge on any atom is -0.310 e. The van der Waals surface area contributed by atoms with E-state index >= 15 is 0 Å². The van der Waals surface area contributed by atoms with Crippen LogP contribution >= 0.6 is 11.3 Å². The van der Waals surface area contributed by atoms with Crippen LogP contribution in [0.4, 0.5) is 17.1 Å². The molecule has 60 heavy (non-hydrogen) atoms. The van der Waals surface area contributed by atoms with Gasteiger partial charge >= 0.3 is 0 Å². The van der Waals surface area contributed by atoms with E-state index in [0.29, 0.717) is 0 Å². The van der Waals surface area contributed by atoms with E-state index in [2.05, 4.69) is 231 Å². The van der Waals surface area contributed by atoms with Gasteiger partial charge in [-0.15, -0.1) is 11.3 Å². The molecule has 0 N–H and O–H groups in total. The number of hydrogen-bond acceptors (Lipinski definition) is 2. The van der Waals surface area contributed by atoms with Crippen molar-refractivity contribution in [3.05, 3.63) is 246 Å². The summed E-state index contributed by atoms with van der Waals surface area (Å²) in [6.07, 6.45) is 0. The fourth-order valence-corrected chi connectivity index (χ4v) is 11.9. The van der Waals surface area contributed by atoms with Gasteiger partial charge in [0.25, 0.3) is 0 Å². The predicted octanol–water partition coefficient (Wildman–Crippen LogP) is 15.9. The minimum atomic E-state index is -0.477. The molecule has 0 atom stereocenters. The van der Waals surface area contributed by atoms with Crippen molar-refractivity contribution in [2.24, 2.45) is 0 Å². The van der Waals surface area contributed by atoms with E-state index in [9.17, 15) is 0 Å². The highest BCUT2D eigenvalue weighted by Crippen LogP contribution is 2.62. The van der Waals surface area contributed by atoms with Crippen LogP contribution in [0.3, 0.4) is 0 Å². The van der Waals surface area contributed by atoms with Crippen molar-refractivity contribution < 1.29 is 0 Å². The molecule has 10 aromatic rings. The lowest BCUT2D eigenvalue weighted by Crippen LogP contribution is -2.40. The standard InChI is InChI=1S/C58H41NS/c1-57(2)50-25-9-11-27-52(50)58(53-28-12-10-26-51(53)57)49-24-8-6-20-45(49)46-35-34-43(37-54(46)58)59(42-19-14-18-40(36-42)38-16-4-3-5-17-38)41-32-30-39(31-33-41)44-22-15-23-48-47-21-7-13-29-55(47)60-56(44)48/h3-37H,1-2H3. The first-order chi connectivity index (χ1) is 29.5. The Bertz CT molecular complexity index is 3250. The SMILES string of the molecule is CC1(C)c2ccccc2C2(c3ccccc3-c3ccc(N(c4ccc(-c5cccc6c5sc5ccccc56)cc4)c4cccc(-c5ccccc5)c4)cc32)c2ccccc21. The molecule has 0 aliphatic heterocycles. The summed E-state index contributed by atoms with van der Waals surface area (Å²) >= 11 is 1.88. The summed E-state index contributed by atoms with van der Waals surface area (Å²) in [5, 5.41) is 2.64. The van der Waals surface area contributed by atoms with Crippen LogP contribution in [-0.4, -0.2) is 0 Å². The molecule has 0 unspecified atom stereocenters. The van der Waals surface area contributed by atoms with Crippen molar-refractivity contribution in [1.29, 1.82) is 0 Å². The van der Waals surface area contributed by atoms with Crippen LogP contribution in [0.1, 0.15) is 47.2 Å². The van der Waals surface area contributed by atoms with Gasteiger partial charge in [-0.2, -0.15) is 0 Å². The molecule has 0 saturated carbocycles. The topological polar surface area (TPSA) is 3.24 Å². The molecule has 284 valence electrons. The van der Waals surface area contributed by atoms with Crippen molar-refractivity contribution in [2.75, 3.05) is 4.90 Å². The van der Waals surface area contributed by atoms with Gasteiger partial charge in [-0.05, 0) is 109 Å². The fourth-order valence-electron chi connectivity index (χ4n) is 10.7. The number of nitrogens with zero attached hydrogens (tertiary/aromatic N) is 1. The summed E-state index contributed by atoms with van der Waals surface area (Å²) in [4.78, 5) is 2.46. The zero-order chi connectivity index (χ0) is 40.0. The molecular weight excluding hydrogens is 743 g/mol. The molecule has 0 fully saturated rings. The molecule has 2 aliphatic carbocycles. The van der Waals surface area contributed by atoms with E-state index in [1.165, 1.54) is 86.9 Å². The third-order valence-electron chi connectivity index (χ3n) is 13.3. The van der Waals surface area contributed by atoms with Gasteiger partial charge in [0.15, 0.2) is 0 Å². The Morgan fingerprint density at radius 1 is 0.350 bits per heavy atom. The zero-order valence-corrected chi connectivity index (χ0v) is 34.4. The molecule has 1 heterocycles.